The van der Waals surface area contributed by atoms with Gasteiger partial charge in [0.15, 0.2) is 12.3 Å². The fourth-order valence-electron chi connectivity index (χ4n) is 2.19. The minimum absolute atomic E-state index is 0.150. The van der Waals surface area contributed by atoms with E-state index < -0.39 is 18.5 Å². The van der Waals surface area contributed by atoms with E-state index in [1.807, 2.05) is 13.0 Å². The number of aromatic nitrogens is 2. The third-order valence-corrected chi connectivity index (χ3v) is 3.86. The smallest absolute Gasteiger partial charge is 0.359 e. The second kappa shape index (κ2) is 6.72. The van der Waals surface area contributed by atoms with Crippen LogP contribution in [0.5, 0.6) is 0 Å². The number of aromatic amines is 1. The van der Waals surface area contributed by atoms with Crippen molar-refractivity contribution in [1.29, 1.82) is 0 Å². The molecule has 0 aliphatic carbocycles. The number of aryl methyl sites for hydroxylation is 1. The second-order valence-electron chi connectivity index (χ2n) is 5.21. The lowest BCUT2D eigenvalue weighted by Gasteiger charge is -2.07. The minimum Gasteiger partial charge on any atom is -0.451 e. The maximum Gasteiger partial charge on any atom is 0.359 e. The SMILES string of the molecule is Cc1ccc(NC(=O)COC(=O)c2n[nH]c3ccccc23)cc1Cl. The number of H-pyrrole nitrogens is 1. The Hall–Kier alpha value is -2.86. The van der Waals surface area contributed by atoms with E-state index in [-0.39, 0.29) is 5.69 Å². The number of rotatable bonds is 4. The van der Waals surface area contributed by atoms with Gasteiger partial charge in [0.05, 0.1) is 5.52 Å². The highest BCUT2D eigenvalue weighted by Gasteiger charge is 2.16. The van der Waals surface area contributed by atoms with E-state index in [0.717, 1.165) is 11.1 Å². The number of benzene rings is 2. The number of para-hydroxylation sites is 1. The topological polar surface area (TPSA) is 84.1 Å². The van der Waals surface area contributed by atoms with E-state index in [1.54, 1.807) is 36.4 Å². The summed E-state index contributed by atoms with van der Waals surface area (Å²) < 4.78 is 5.02. The molecule has 0 bridgehead atoms. The van der Waals surface area contributed by atoms with E-state index in [0.29, 0.717) is 16.1 Å². The van der Waals surface area contributed by atoms with Gasteiger partial charge in [-0.15, -0.1) is 0 Å². The molecular formula is C17H14ClN3O3. The van der Waals surface area contributed by atoms with Crippen molar-refractivity contribution in [2.75, 3.05) is 11.9 Å². The number of carbonyl (C=O) groups excluding carboxylic acids is 2. The molecule has 24 heavy (non-hydrogen) atoms. The Morgan fingerprint density at radius 1 is 1.25 bits per heavy atom. The lowest BCUT2D eigenvalue weighted by molar-refractivity contribution is -0.119. The molecule has 3 aromatic rings. The number of nitrogens with one attached hydrogen (secondary N) is 2. The number of carbonyl (C=O) groups is 2. The van der Waals surface area contributed by atoms with Gasteiger partial charge in [0.2, 0.25) is 0 Å². The summed E-state index contributed by atoms with van der Waals surface area (Å²) in [5.74, 6) is -1.12. The summed E-state index contributed by atoms with van der Waals surface area (Å²) in [6, 6.07) is 12.3. The number of hydrogen-bond donors (Lipinski definition) is 2. The zero-order valence-corrected chi connectivity index (χ0v) is 13.6. The molecule has 0 aliphatic heterocycles. The molecule has 1 heterocycles. The summed E-state index contributed by atoms with van der Waals surface area (Å²) in [7, 11) is 0. The summed E-state index contributed by atoms with van der Waals surface area (Å²) in [5.41, 5.74) is 2.32. The number of hydrogen-bond acceptors (Lipinski definition) is 4. The van der Waals surface area contributed by atoms with Gasteiger partial charge in [-0.25, -0.2) is 4.79 Å². The maximum atomic E-state index is 12.1. The van der Waals surface area contributed by atoms with Crippen molar-refractivity contribution in [1.82, 2.24) is 10.2 Å². The van der Waals surface area contributed by atoms with Gasteiger partial charge in [0, 0.05) is 16.1 Å². The van der Waals surface area contributed by atoms with Crippen molar-refractivity contribution in [3.8, 4) is 0 Å². The van der Waals surface area contributed by atoms with Crippen LogP contribution in [0.4, 0.5) is 5.69 Å². The lowest BCUT2D eigenvalue weighted by atomic mass is 10.2. The quantitative estimate of drug-likeness (QED) is 0.712. The van der Waals surface area contributed by atoms with E-state index in [1.165, 1.54) is 0 Å². The van der Waals surface area contributed by atoms with Gasteiger partial charge < -0.3 is 10.1 Å². The molecule has 0 fully saturated rings. The van der Waals surface area contributed by atoms with Crippen molar-refractivity contribution in [2.45, 2.75) is 6.92 Å². The van der Waals surface area contributed by atoms with Crippen LogP contribution in [0.2, 0.25) is 5.02 Å². The van der Waals surface area contributed by atoms with Crippen molar-refractivity contribution in [2.24, 2.45) is 0 Å². The molecule has 0 atom stereocenters. The minimum atomic E-state index is -0.662. The largest absolute Gasteiger partial charge is 0.451 e. The summed E-state index contributed by atoms with van der Waals surface area (Å²) in [5, 5.41) is 10.5. The first-order chi connectivity index (χ1) is 11.5. The number of halogens is 1. The van der Waals surface area contributed by atoms with Gasteiger partial charge in [-0.05, 0) is 30.7 Å². The number of ether oxygens (including phenoxy) is 1. The molecule has 0 unspecified atom stereocenters. The van der Waals surface area contributed by atoms with Crippen molar-refractivity contribution in [3.63, 3.8) is 0 Å². The Balaban J connectivity index is 1.61. The summed E-state index contributed by atoms with van der Waals surface area (Å²) >= 11 is 6.00. The fourth-order valence-corrected chi connectivity index (χ4v) is 2.37. The predicted molar refractivity (Wildman–Crippen MR) is 91.2 cm³/mol. The van der Waals surface area contributed by atoms with Gasteiger partial charge >= 0.3 is 5.97 Å². The van der Waals surface area contributed by atoms with Gasteiger partial charge in [-0.3, -0.25) is 9.89 Å². The molecule has 2 aromatic carbocycles. The van der Waals surface area contributed by atoms with Crippen LogP contribution >= 0.6 is 11.6 Å². The third kappa shape index (κ3) is 3.38. The average molecular weight is 344 g/mol. The molecule has 0 aliphatic rings. The van der Waals surface area contributed by atoms with Gasteiger partial charge in [-0.1, -0.05) is 35.9 Å². The van der Waals surface area contributed by atoms with Crippen LogP contribution in [-0.2, 0) is 9.53 Å². The molecule has 1 aromatic heterocycles. The van der Waals surface area contributed by atoms with Crippen molar-refractivity contribution in [3.05, 3.63) is 58.7 Å². The van der Waals surface area contributed by atoms with E-state index in [4.69, 9.17) is 16.3 Å². The van der Waals surface area contributed by atoms with Crippen LogP contribution in [-0.4, -0.2) is 28.7 Å². The zero-order valence-electron chi connectivity index (χ0n) is 12.8. The Labute approximate surface area is 142 Å². The molecule has 0 spiro atoms. The van der Waals surface area contributed by atoms with Crippen LogP contribution in [0.15, 0.2) is 42.5 Å². The lowest BCUT2D eigenvalue weighted by Crippen LogP contribution is -2.21. The zero-order chi connectivity index (χ0) is 17.1. The molecule has 2 N–H and O–H groups in total. The molecule has 1 amide bonds. The van der Waals surface area contributed by atoms with Crippen molar-refractivity contribution >= 4 is 40.1 Å². The van der Waals surface area contributed by atoms with E-state index in [9.17, 15) is 9.59 Å². The second-order valence-corrected chi connectivity index (χ2v) is 5.61. The molecule has 0 radical (unpaired) electrons. The van der Waals surface area contributed by atoms with Gasteiger partial charge in [0.25, 0.3) is 5.91 Å². The first kappa shape index (κ1) is 16.0. The Morgan fingerprint density at radius 3 is 2.83 bits per heavy atom. The monoisotopic (exact) mass is 343 g/mol. The summed E-state index contributed by atoms with van der Waals surface area (Å²) in [6.07, 6.45) is 0. The van der Waals surface area contributed by atoms with Crippen molar-refractivity contribution < 1.29 is 14.3 Å². The van der Waals surface area contributed by atoms with E-state index >= 15 is 0 Å². The highest BCUT2D eigenvalue weighted by atomic mass is 35.5. The predicted octanol–water partition coefficient (Wildman–Crippen LogP) is 3.32. The summed E-state index contributed by atoms with van der Waals surface area (Å²) in [4.78, 5) is 24.0. The number of fused-ring (bicyclic) bond motifs is 1. The number of esters is 1. The maximum absolute atomic E-state index is 12.1. The van der Waals surface area contributed by atoms with E-state index in [2.05, 4.69) is 15.5 Å². The standard InChI is InChI=1S/C17H14ClN3O3/c1-10-6-7-11(8-13(10)18)19-15(22)9-24-17(23)16-12-4-2-3-5-14(12)20-21-16/h2-8H,9H2,1H3,(H,19,22)(H,20,21). The van der Waals surface area contributed by atoms with Crippen LogP contribution < -0.4 is 5.32 Å². The first-order valence-electron chi connectivity index (χ1n) is 7.21. The number of anilines is 1. The Bertz CT molecular complexity index is 920. The molecular weight excluding hydrogens is 330 g/mol. The summed E-state index contributed by atoms with van der Waals surface area (Å²) in [6.45, 7) is 1.45. The highest BCUT2D eigenvalue weighted by molar-refractivity contribution is 6.31. The van der Waals surface area contributed by atoms with Crippen LogP contribution in [0, 0.1) is 6.92 Å². The third-order valence-electron chi connectivity index (χ3n) is 3.45. The molecule has 122 valence electrons. The van der Waals surface area contributed by atoms with Crippen LogP contribution in [0.1, 0.15) is 16.1 Å². The molecule has 7 heteroatoms. The van der Waals surface area contributed by atoms with Crippen LogP contribution in [0.25, 0.3) is 10.9 Å². The Morgan fingerprint density at radius 2 is 2.04 bits per heavy atom. The highest BCUT2D eigenvalue weighted by Crippen LogP contribution is 2.20. The number of amides is 1. The molecule has 3 rings (SSSR count). The van der Waals surface area contributed by atoms with Gasteiger partial charge in [-0.2, -0.15) is 5.10 Å². The van der Waals surface area contributed by atoms with Gasteiger partial charge in [0.1, 0.15) is 0 Å². The number of nitrogens with zero attached hydrogens (tertiary/aromatic N) is 1. The normalized spacial score (nSPS) is 10.6. The molecule has 0 saturated heterocycles. The average Bonchev–Trinajstić information content (AvgIpc) is 3.00. The molecule has 0 saturated carbocycles. The molecule has 6 nitrogen and oxygen atoms in total. The first-order valence-corrected chi connectivity index (χ1v) is 7.58. The fraction of sp³-hybridized carbons (Fsp3) is 0.118. The van der Waals surface area contributed by atoms with Crippen LogP contribution in [0.3, 0.4) is 0 Å². The Kier molecular flexibility index (Phi) is 4.48.